The summed E-state index contributed by atoms with van der Waals surface area (Å²) in [6.45, 7) is 3.41. The van der Waals surface area contributed by atoms with Crippen LogP contribution in [0.5, 0.6) is 0 Å². The largest absolute Gasteiger partial charge is 0.464 e. The lowest BCUT2D eigenvalue weighted by atomic mass is 10.3. The molecule has 0 saturated heterocycles. The van der Waals surface area contributed by atoms with Gasteiger partial charge in [-0.15, -0.1) is 0 Å². The molecule has 16 heavy (non-hydrogen) atoms. The predicted molar refractivity (Wildman–Crippen MR) is 59.9 cm³/mol. The van der Waals surface area contributed by atoms with E-state index in [4.69, 9.17) is 27.9 Å². The molecule has 0 spiro atoms. The van der Waals surface area contributed by atoms with Crippen molar-refractivity contribution >= 4 is 29.2 Å². The molecule has 1 atom stereocenters. The zero-order valence-corrected chi connectivity index (χ0v) is 10.2. The van der Waals surface area contributed by atoms with Gasteiger partial charge in [0.1, 0.15) is 0 Å². The molecule has 0 fully saturated rings. The summed E-state index contributed by atoms with van der Waals surface area (Å²) in [5.41, 5.74) is -0.505. The number of aromatic nitrogens is 2. The van der Waals surface area contributed by atoms with Gasteiger partial charge in [-0.1, -0.05) is 23.2 Å². The smallest absolute Gasteiger partial charge is 0.330 e. The van der Waals surface area contributed by atoms with E-state index in [0.29, 0.717) is 0 Å². The van der Waals surface area contributed by atoms with Crippen molar-refractivity contribution in [3.05, 3.63) is 26.6 Å². The summed E-state index contributed by atoms with van der Waals surface area (Å²) in [6, 6.07) is 0.273. The first-order valence-electron chi connectivity index (χ1n) is 4.58. The number of ether oxygens (including phenoxy) is 1. The van der Waals surface area contributed by atoms with Gasteiger partial charge in [-0.25, -0.2) is 9.48 Å². The number of hydrogen-bond donors (Lipinski definition) is 0. The molecular formula is C9H10Cl2N2O3. The topological polar surface area (TPSA) is 61.2 Å². The van der Waals surface area contributed by atoms with Crippen molar-refractivity contribution in [2.45, 2.75) is 19.9 Å². The second-order valence-corrected chi connectivity index (χ2v) is 3.76. The number of carbonyl (C=O) groups is 1. The summed E-state index contributed by atoms with van der Waals surface area (Å²) in [7, 11) is 0. The maximum absolute atomic E-state index is 11.5. The maximum Gasteiger partial charge on any atom is 0.330 e. The quantitative estimate of drug-likeness (QED) is 0.780. The molecule has 7 heteroatoms. The summed E-state index contributed by atoms with van der Waals surface area (Å²) in [6.07, 6.45) is 0. The summed E-state index contributed by atoms with van der Waals surface area (Å²) in [5.74, 6) is -0.546. The second-order valence-electron chi connectivity index (χ2n) is 2.99. The van der Waals surface area contributed by atoms with Gasteiger partial charge in [0.15, 0.2) is 11.2 Å². The van der Waals surface area contributed by atoms with Crippen LogP contribution < -0.4 is 5.56 Å². The van der Waals surface area contributed by atoms with E-state index < -0.39 is 17.6 Å². The minimum Gasteiger partial charge on any atom is -0.464 e. The number of hydrogen-bond acceptors (Lipinski definition) is 4. The van der Waals surface area contributed by atoms with Gasteiger partial charge in [-0.05, 0) is 13.8 Å². The normalized spacial score (nSPS) is 12.2. The lowest BCUT2D eigenvalue weighted by Crippen LogP contribution is -2.31. The van der Waals surface area contributed by atoms with Crippen LogP contribution in [0.4, 0.5) is 0 Å². The molecule has 88 valence electrons. The fourth-order valence-corrected chi connectivity index (χ4v) is 1.33. The van der Waals surface area contributed by atoms with E-state index in [1.54, 1.807) is 6.92 Å². The van der Waals surface area contributed by atoms with Crippen molar-refractivity contribution in [3.63, 3.8) is 0 Å². The highest BCUT2D eigenvalue weighted by Gasteiger charge is 2.19. The Bertz CT molecular complexity index is 459. The standard InChI is InChI=1S/C9H10Cl2N2O3/c1-3-16-9(15)5(2)13-7(14)4-6(10)8(11)12-13/h4-5H,3H2,1-2H3. The highest BCUT2D eigenvalue weighted by molar-refractivity contribution is 6.41. The molecule has 0 bridgehead atoms. The van der Waals surface area contributed by atoms with E-state index in [9.17, 15) is 9.59 Å². The van der Waals surface area contributed by atoms with Gasteiger partial charge in [0.2, 0.25) is 0 Å². The summed E-state index contributed by atoms with van der Waals surface area (Å²) >= 11 is 11.3. The number of esters is 1. The van der Waals surface area contributed by atoms with Crippen molar-refractivity contribution in [1.29, 1.82) is 0 Å². The lowest BCUT2D eigenvalue weighted by molar-refractivity contribution is -0.147. The van der Waals surface area contributed by atoms with Crippen LogP contribution >= 0.6 is 23.2 Å². The Kier molecular flexibility index (Phi) is 4.32. The first-order valence-corrected chi connectivity index (χ1v) is 5.34. The molecule has 0 radical (unpaired) electrons. The van der Waals surface area contributed by atoms with E-state index in [0.717, 1.165) is 10.7 Å². The highest BCUT2D eigenvalue weighted by Crippen LogP contribution is 2.16. The average molecular weight is 265 g/mol. The van der Waals surface area contributed by atoms with Gasteiger partial charge < -0.3 is 4.74 Å². The average Bonchev–Trinajstić information content (AvgIpc) is 2.23. The minimum atomic E-state index is -0.831. The Morgan fingerprint density at radius 2 is 2.25 bits per heavy atom. The van der Waals surface area contributed by atoms with Crippen molar-refractivity contribution in [2.24, 2.45) is 0 Å². The Morgan fingerprint density at radius 1 is 1.62 bits per heavy atom. The Labute approximate surface area is 102 Å². The molecule has 1 aromatic rings. The third-order valence-corrected chi connectivity index (χ3v) is 2.53. The fourth-order valence-electron chi connectivity index (χ4n) is 1.07. The maximum atomic E-state index is 11.5. The van der Waals surface area contributed by atoms with E-state index in [2.05, 4.69) is 5.10 Å². The van der Waals surface area contributed by atoms with Gasteiger partial charge >= 0.3 is 5.97 Å². The van der Waals surface area contributed by atoms with Crippen LogP contribution in [0.2, 0.25) is 10.2 Å². The van der Waals surface area contributed by atoms with E-state index >= 15 is 0 Å². The molecule has 1 rings (SSSR count). The van der Waals surface area contributed by atoms with Crippen LogP contribution in [0.3, 0.4) is 0 Å². The molecule has 1 heterocycles. The molecule has 0 aliphatic heterocycles. The molecule has 0 amide bonds. The number of nitrogens with zero attached hydrogens (tertiary/aromatic N) is 2. The number of rotatable bonds is 3. The zero-order valence-electron chi connectivity index (χ0n) is 8.74. The fraction of sp³-hybridized carbons (Fsp3) is 0.444. The van der Waals surface area contributed by atoms with Gasteiger partial charge in [0, 0.05) is 6.07 Å². The first kappa shape index (κ1) is 13.0. The third-order valence-electron chi connectivity index (χ3n) is 1.86. The molecule has 0 N–H and O–H groups in total. The number of halogens is 2. The third kappa shape index (κ3) is 2.74. The van der Waals surface area contributed by atoms with E-state index in [1.165, 1.54) is 6.92 Å². The van der Waals surface area contributed by atoms with Gasteiger partial charge in [-0.2, -0.15) is 5.10 Å². The molecule has 0 saturated carbocycles. The van der Waals surface area contributed by atoms with Crippen LogP contribution in [-0.2, 0) is 9.53 Å². The number of carbonyl (C=O) groups excluding carboxylic acids is 1. The summed E-state index contributed by atoms with van der Waals surface area (Å²) < 4.78 is 5.71. The van der Waals surface area contributed by atoms with Gasteiger partial charge in [0.25, 0.3) is 5.56 Å². The van der Waals surface area contributed by atoms with Crippen LogP contribution in [-0.4, -0.2) is 22.4 Å². The van der Waals surface area contributed by atoms with Crippen LogP contribution in [0.1, 0.15) is 19.9 Å². The summed E-state index contributed by atoms with van der Waals surface area (Å²) in [4.78, 5) is 22.9. The van der Waals surface area contributed by atoms with Gasteiger partial charge in [0.05, 0.1) is 11.6 Å². The molecular weight excluding hydrogens is 255 g/mol. The molecule has 5 nitrogen and oxygen atoms in total. The second kappa shape index (κ2) is 5.32. The van der Waals surface area contributed by atoms with Crippen LogP contribution in [0.15, 0.2) is 10.9 Å². The SMILES string of the molecule is CCOC(=O)C(C)n1nc(Cl)c(Cl)cc1=O. The van der Waals surface area contributed by atoms with Crippen LogP contribution in [0.25, 0.3) is 0 Å². The monoisotopic (exact) mass is 264 g/mol. The van der Waals surface area contributed by atoms with Crippen molar-refractivity contribution in [1.82, 2.24) is 9.78 Å². The molecule has 1 unspecified atom stereocenters. The molecule has 1 aromatic heterocycles. The highest BCUT2D eigenvalue weighted by atomic mass is 35.5. The van der Waals surface area contributed by atoms with Crippen molar-refractivity contribution in [3.8, 4) is 0 Å². The lowest BCUT2D eigenvalue weighted by Gasteiger charge is -2.12. The van der Waals surface area contributed by atoms with Gasteiger partial charge in [-0.3, -0.25) is 4.79 Å². The first-order chi connectivity index (χ1) is 7.47. The van der Waals surface area contributed by atoms with Crippen LogP contribution in [0, 0.1) is 0 Å². The zero-order chi connectivity index (χ0) is 12.3. The molecule has 0 aliphatic rings. The van der Waals surface area contributed by atoms with Crippen molar-refractivity contribution < 1.29 is 9.53 Å². The molecule has 0 aliphatic carbocycles. The molecule has 0 aromatic carbocycles. The van der Waals surface area contributed by atoms with E-state index in [1.807, 2.05) is 0 Å². The minimum absolute atomic E-state index is 0.0302. The predicted octanol–water partition coefficient (Wildman–Crippen LogP) is 1.67. The van der Waals surface area contributed by atoms with E-state index in [-0.39, 0.29) is 16.8 Å². The Balaban J connectivity index is 3.09. The summed E-state index contributed by atoms with van der Waals surface area (Å²) in [5, 5.41) is 3.74. The van der Waals surface area contributed by atoms with Crippen molar-refractivity contribution in [2.75, 3.05) is 6.61 Å². The Morgan fingerprint density at radius 3 is 2.81 bits per heavy atom. The Hall–Kier alpha value is -1.07.